The summed E-state index contributed by atoms with van der Waals surface area (Å²) >= 11 is 0. The van der Waals surface area contributed by atoms with Crippen LogP contribution in [0.1, 0.15) is 12.5 Å². The molecule has 28 heavy (non-hydrogen) atoms. The third kappa shape index (κ3) is 6.00. The van der Waals surface area contributed by atoms with E-state index in [2.05, 4.69) is 0 Å². The quantitative estimate of drug-likeness (QED) is 0.207. The highest BCUT2D eigenvalue weighted by atomic mass is 32.2. The molecule has 0 saturated heterocycles. The zero-order valence-electron chi connectivity index (χ0n) is 15.1. The van der Waals surface area contributed by atoms with Crippen molar-refractivity contribution >= 4 is 21.8 Å². The number of non-ortho nitro benzene ring substituents is 1. The van der Waals surface area contributed by atoms with E-state index in [1.807, 2.05) is 30.3 Å². The zero-order valence-corrected chi connectivity index (χ0v) is 15.9. The summed E-state index contributed by atoms with van der Waals surface area (Å²) in [4.78, 5) is 21.8. The minimum Gasteiger partial charge on any atom is -0.464 e. The average molecular weight is 405 g/mol. The first-order valence-electron chi connectivity index (χ1n) is 8.38. The Bertz CT molecular complexity index is 938. The summed E-state index contributed by atoms with van der Waals surface area (Å²) in [5, 5.41) is 10.7. The minimum absolute atomic E-state index is 0.0583. The molecule has 2 rings (SSSR count). The number of carbonyl (C=O) groups is 1. The van der Waals surface area contributed by atoms with Gasteiger partial charge in [-0.15, -0.1) is 0 Å². The second-order valence-electron chi connectivity index (χ2n) is 5.59. The summed E-state index contributed by atoms with van der Waals surface area (Å²) in [7, 11) is -4.34. The van der Waals surface area contributed by atoms with E-state index >= 15 is 0 Å². The molecule has 0 bridgehead atoms. The van der Waals surface area contributed by atoms with Gasteiger partial charge in [-0.3, -0.25) is 10.1 Å². The summed E-state index contributed by atoms with van der Waals surface area (Å²) in [6, 6.07) is 13.5. The molecule has 2 aromatic rings. The summed E-state index contributed by atoms with van der Waals surface area (Å²) in [6.45, 7) is 1.65. The van der Waals surface area contributed by atoms with Crippen molar-refractivity contribution in [3.05, 3.63) is 82.4 Å². The Hall–Kier alpha value is -3.04. The van der Waals surface area contributed by atoms with Gasteiger partial charge in [0.05, 0.1) is 16.4 Å². The first-order valence-corrected chi connectivity index (χ1v) is 9.79. The number of benzene rings is 2. The van der Waals surface area contributed by atoms with Crippen LogP contribution in [0.25, 0.3) is 0 Å². The topological polar surface area (TPSA) is 113 Å². The van der Waals surface area contributed by atoms with E-state index in [4.69, 9.17) is 8.92 Å². The van der Waals surface area contributed by atoms with Crippen molar-refractivity contribution in [3.8, 4) is 0 Å². The van der Waals surface area contributed by atoms with E-state index < -0.39 is 27.1 Å². The van der Waals surface area contributed by atoms with Crippen LogP contribution in [0.2, 0.25) is 0 Å². The van der Waals surface area contributed by atoms with Crippen LogP contribution >= 0.6 is 0 Å². The van der Waals surface area contributed by atoms with Crippen LogP contribution in [0.15, 0.2) is 71.6 Å². The van der Waals surface area contributed by atoms with Crippen LogP contribution in [-0.2, 0) is 30.3 Å². The molecule has 0 aliphatic rings. The van der Waals surface area contributed by atoms with Gasteiger partial charge in [0.15, 0.2) is 6.10 Å². The average Bonchev–Trinajstić information content (AvgIpc) is 2.68. The molecular formula is C19H19NO7S. The van der Waals surface area contributed by atoms with E-state index in [9.17, 15) is 23.3 Å². The van der Waals surface area contributed by atoms with E-state index in [0.29, 0.717) is 6.42 Å². The van der Waals surface area contributed by atoms with Crippen LogP contribution in [0.4, 0.5) is 5.69 Å². The maximum atomic E-state index is 12.4. The first kappa shape index (κ1) is 21.3. The van der Waals surface area contributed by atoms with Crippen LogP contribution < -0.4 is 0 Å². The number of nitro groups is 1. The van der Waals surface area contributed by atoms with Crippen LogP contribution in [-0.4, -0.2) is 32.0 Å². The predicted octanol–water partition coefficient (Wildman–Crippen LogP) is 3.03. The highest BCUT2D eigenvalue weighted by Gasteiger charge is 2.27. The standard InChI is InChI=1S/C19H19NO7S/c1-2-26-19(21)18(10-6-9-15-7-4-3-5-8-15)27-28(24,25)17-13-11-16(12-14-17)20(22)23/h3-8,10-14,18H,2,9H2,1H3/b10-6+. The van der Waals surface area contributed by atoms with Crippen molar-refractivity contribution in [2.24, 2.45) is 0 Å². The fraction of sp³-hybridized carbons (Fsp3) is 0.211. The Kier molecular flexibility index (Phi) is 7.42. The van der Waals surface area contributed by atoms with Gasteiger partial charge in [-0.05, 0) is 37.1 Å². The number of hydrogen-bond donors (Lipinski definition) is 0. The van der Waals surface area contributed by atoms with Crippen molar-refractivity contribution in [3.63, 3.8) is 0 Å². The van der Waals surface area contributed by atoms with Gasteiger partial charge in [0.2, 0.25) is 0 Å². The summed E-state index contributed by atoms with van der Waals surface area (Å²) in [5.41, 5.74) is 0.711. The Morgan fingerprint density at radius 1 is 1.14 bits per heavy atom. The Morgan fingerprint density at radius 3 is 2.36 bits per heavy atom. The zero-order chi connectivity index (χ0) is 20.6. The molecule has 0 aliphatic heterocycles. The van der Waals surface area contributed by atoms with Gasteiger partial charge in [-0.1, -0.05) is 36.4 Å². The molecule has 1 unspecified atom stereocenters. The molecule has 0 amide bonds. The smallest absolute Gasteiger partial charge is 0.340 e. The van der Waals surface area contributed by atoms with Crippen molar-refractivity contribution in [2.45, 2.75) is 24.3 Å². The number of nitro benzene ring substituents is 1. The third-order valence-corrected chi connectivity index (χ3v) is 4.90. The Labute approximate surface area is 162 Å². The van der Waals surface area contributed by atoms with E-state index in [1.54, 1.807) is 13.0 Å². The van der Waals surface area contributed by atoms with Gasteiger partial charge < -0.3 is 4.74 Å². The molecule has 0 spiro atoms. The summed E-state index contributed by atoms with van der Waals surface area (Å²) < 4.78 is 34.8. The van der Waals surface area contributed by atoms with E-state index in [0.717, 1.165) is 29.8 Å². The summed E-state index contributed by atoms with van der Waals surface area (Å²) in [5.74, 6) is -0.850. The molecule has 8 nitrogen and oxygen atoms in total. The normalized spacial score (nSPS) is 12.6. The first-order chi connectivity index (χ1) is 13.3. The molecule has 0 aromatic heterocycles. The molecule has 0 N–H and O–H groups in total. The SMILES string of the molecule is CCOC(=O)C(/C=C/Cc1ccccc1)OS(=O)(=O)c1ccc([N+](=O)[O-])cc1. The number of esters is 1. The highest BCUT2D eigenvalue weighted by Crippen LogP contribution is 2.19. The van der Waals surface area contributed by atoms with Crippen molar-refractivity contribution in [2.75, 3.05) is 6.61 Å². The lowest BCUT2D eigenvalue weighted by atomic mass is 10.1. The van der Waals surface area contributed by atoms with Crippen LogP contribution in [0.3, 0.4) is 0 Å². The second-order valence-corrected chi connectivity index (χ2v) is 7.16. The highest BCUT2D eigenvalue weighted by molar-refractivity contribution is 7.86. The van der Waals surface area contributed by atoms with Gasteiger partial charge in [0.25, 0.3) is 15.8 Å². The monoisotopic (exact) mass is 405 g/mol. The van der Waals surface area contributed by atoms with Crippen molar-refractivity contribution in [1.29, 1.82) is 0 Å². The molecular weight excluding hydrogens is 386 g/mol. The lowest BCUT2D eigenvalue weighted by Crippen LogP contribution is -2.27. The fourth-order valence-electron chi connectivity index (χ4n) is 2.24. The van der Waals surface area contributed by atoms with Crippen LogP contribution in [0, 0.1) is 10.1 Å². The molecule has 148 valence electrons. The molecule has 0 saturated carbocycles. The van der Waals surface area contributed by atoms with E-state index in [-0.39, 0.29) is 17.2 Å². The van der Waals surface area contributed by atoms with Gasteiger partial charge >= 0.3 is 5.97 Å². The van der Waals surface area contributed by atoms with Gasteiger partial charge in [0.1, 0.15) is 0 Å². The molecule has 2 aromatic carbocycles. The predicted molar refractivity (Wildman–Crippen MR) is 101 cm³/mol. The maximum absolute atomic E-state index is 12.4. The largest absolute Gasteiger partial charge is 0.464 e. The Morgan fingerprint density at radius 2 is 1.79 bits per heavy atom. The van der Waals surface area contributed by atoms with Gasteiger partial charge in [-0.2, -0.15) is 8.42 Å². The second kappa shape index (κ2) is 9.77. The molecule has 9 heteroatoms. The number of nitrogens with zero attached hydrogens (tertiary/aromatic N) is 1. The van der Waals surface area contributed by atoms with Gasteiger partial charge in [-0.25, -0.2) is 8.98 Å². The van der Waals surface area contributed by atoms with Crippen LogP contribution in [0.5, 0.6) is 0 Å². The lowest BCUT2D eigenvalue weighted by molar-refractivity contribution is -0.384. The fourth-order valence-corrected chi connectivity index (χ4v) is 3.24. The maximum Gasteiger partial charge on any atom is 0.340 e. The number of carbonyl (C=O) groups excluding carboxylic acids is 1. The molecule has 0 aliphatic carbocycles. The van der Waals surface area contributed by atoms with Crippen molar-refractivity contribution < 1.29 is 27.1 Å². The summed E-state index contributed by atoms with van der Waals surface area (Å²) in [6.07, 6.45) is 1.93. The molecule has 0 fully saturated rings. The van der Waals surface area contributed by atoms with Gasteiger partial charge in [0, 0.05) is 12.1 Å². The Balaban J connectivity index is 2.18. The number of allylic oxidation sites excluding steroid dienone is 1. The third-order valence-electron chi connectivity index (χ3n) is 3.59. The minimum atomic E-state index is -4.34. The van der Waals surface area contributed by atoms with E-state index in [1.165, 1.54) is 6.08 Å². The molecule has 0 heterocycles. The van der Waals surface area contributed by atoms with Crippen molar-refractivity contribution in [1.82, 2.24) is 0 Å². The number of ether oxygens (including phenoxy) is 1. The lowest BCUT2D eigenvalue weighted by Gasteiger charge is -2.13. The molecule has 0 radical (unpaired) electrons. The molecule has 1 atom stereocenters. The number of hydrogen-bond acceptors (Lipinski definition) is 7. The number of rotatable bonds is 9.